The normalized spacial score (nSPS) is 13.8. The number of ether oxygens (including phenoxy) is 3. The summed E-state index contributed by atoms with van der Waals surface area (Å²) in [7, 11) is 5.81. The van der Waals surface area contributed by atoms with Gasteiger partial charge in [-0.05, 0) is 16.8 Å². The molecular formula is C15H20O3Si. The second-order valence-electron chi connectivity index (χ2n) is 4.52. The fourth-order valence-electron chi connectivity index (χ4n) is 2.45. The lowest BCUT2D eigenvalue weighted by Gasteiger charge is -2.36. The molecule has 0 heterocycles. The third-order valence-corrected chi connectivity index (χ3v) is 4.88. The van der Waals surface area contributed by atoms with Crippen molar-refractivity contribution in [3.8, 4) is 0 Å². The zero-order valence-electron chi connectivity index (χ0n) is 11.8. The average molecular weight is 276 g/mol. The molecule has 0 aliphatic rings. The number of hydrogen-bond donors (Lipinski definition) is 0. The summed E-state index contributed by atoms with van der Waals surface area (Å²) in [4.78, 5) is 0. The Hall–Kier alpha value is -1.20. The molecule has 0 amide bonds. The van der Waals surface area contributed by atoms with Crippen LogP contribution in [0.5, 0.6) is 0 Å². The van der Waals surface area contributed by atoms with E-state index in [1.807, 2.05) is 18.2 Å². The fourth-order valence-corrected chi connectivity index (χ4v) is 3.25. The molecule has 102 valence electrons. The third kappa shape index (κ3) is 2.44. The van der Waals surface area contributed by atoms with Crippen molar-refractivity contribution >= 4 is 21.0 Å². The summed E-state index contributed by atoms with van der Waals surface area (Å²) < 4.78 is 16.8. The first kappa shape index (κ1) is 14.2. The Balaban J connectivity index is 2.56. The first-order valence-corrected chi connectivity index (χ1v) is 7.45. The van der Waals surface area contributed by atoms with Gasteiger partial charge in [0.1, 0.15) is 0 Å². The molecule has 4 heteroatoms. The summed E-state index contributed by atoms with van der Waals surface area (Å²) >= 11 is 0. The van der Waals surface area contributed by atoms with Gasteiger partial charge in [-0.3, -0.25) is 0 Å². The van der Waals surface area contributed by atoms with Crippen molar-refractivity contribution in [2.24, 2.45) is 0 Å². The van der Waals surface area contributed by atoms with Gasteiger partial charge in [-0.1, -0.05) is 36.4 Å². The van der Waals surface area contributed by atoms with Gasteiger partial charge in [0.25, 0.3) is 0 Å². The van der Waals surface area contributed by atoms with Crippen LogP contribution in [0.1, 0.15) is 5.56 Å². The van der Waals surface area contributed by atoms with Crippen LogP contribution in [-0.2, 0) is 20.0 Å². The largest absolute Gasteiger partial charge is 0.380 e. The Morgan fingerprint density at radius 1 is 0.947 bits per heavy atom. The van der Waals surface area contributed by atoms with E-state index in [1.165, 1.54) is 10.8 Å². The van der Waals surface area contributed by atoms with E-state index in [2.05, 4.69) is 24.3 Å². The van der Waals surface area contributed by atoms with Gasteiger partial charge in [-0.15, -0.1) is 0 Å². The van der Waals surface area contributed by atoms with Crippen LogP contribution in [0.3, 0.4) is 0 Å². The number of fused-ring (bicyclic) bond motifs is 1. The molecule has 2 aromatic rings. The highest BCUT2D eigenvalue weighted by molar-refractivity contribution is 6.11. The van der Waals surface area contributed by atoms with Gasteiger partial charge in [-0.25, -0.2) is 0 Å². The van der Waals surface area contributed by atoms with Crippen molar-refractivity contribution in [2.75, 3.05) is 21.3 Å². The van der Waals surface area contributed by atoms with E-state index >= 15 is 0 Å². The zero-order chi connectivity index (χ0) is 13.9. The minimum absolute atomic E-state index is 0.0799. The highest BCUT2D eigenvalue weighted by Crippen LogP contribution is 2.32. The molecule has 0 fully saturated rings. The minimum atomic E-state index is -0.828. The SMILES string of the molecule is COC([SiH3])C(OC)(OC)c1ccc2ccccc2c1. The van der Waals surface area contributed by atoms with Gasteiger partial charge < -0.3 is 14.2 Å². The van der Waals surface area contributed by atoms with Crippen molar-refractivity contribution in [3.05, 3.63) is 48.0 Å². The topological polar surface area (TPSA) is 27.7 Å². The van der Waals surface area contributed by atoms with E-state index in [4.69, 9.17) is 14.2 Å². The summed E-state index contributed by atoms with van der Waals surface area (Å²) in [6.07, 6.45) is 0. The van der Waals surface area contributed by atoms with Gasteiger partial charge in [0.05, 0.1) is 5.73 Å². The minimum Gasteiger partial charge on any atom is -0.380 e. The van der Waals surface area contributed by atoms with Gasteiger partial charge in [0, 0.05) is 37.1 Å². The van der Waals surface area contributed by atoms with Crippen LogP contribution in [0.2, 0.25) is 0 Å². The fraction of sp³-hybridized carbons (Fsp3) is 0.333. The maximum absolute atomic E-state index is 5.66. The molecule has 0 aromatic heterocycles. The summed E-state index contributed by atoms with van der Waals surface area (Å²) in [6, 6.07) is 14.5. The summed E-state index contributed by atoms with van der Waals surface area (Å²) in [6.45, 7) is 0. The van der Waals surface area contributed by atoms with Crippen molar-refractivity contribution < 1.29 is 14.2 Å². The zero-order valence-corrected chi connectivity index (χ0v) is 13.8. The molecule has 0 bridgehead atoms. The second-order valence-corrected chi connectivity index (χ2v) is 5.56. The van der Waals surface area contributed by atoms with E-state index in [9.17, 15) is 0 Å². The standard InChI is InChI=1S/C15H20O3Si/c1-16-14(19)15(17-2,18-3)13-9-8-11-6-4-5-7-12(11)10-13/h4-10,14H,1-3,19H3. The van der Waals surface area contributed by atoms with Crippen molar-refractivity contribution in [3.63, 3.8) is 0 Å². The molecule has 19 heavy (non-hydrogen) atoms. The molecule has 0 saturated heterocycles. The molecule has 0 aliphatic carbocycles. The van der Waals surface area contributed by atoms with E-state index in [1.54, 1.807) is 21.3 Å². The predicted octanol–water partition coefficient (Wildman–Crippen LogP) is 1.62. The van der Waals surface area contributed by atoms with Crippen LogP contribution in [-0.4, -0.2) is 37.3 Å². The molecule has 0 radical (unpaired) electrons. The van der Waals surface area contributed by atoms with Gasteiger partial charge in [-0.2, -0.15) is 0 Å². The first-order valence-electron chi connectivity index (χ1n) is 6.30. The highest BCUT2D eigenvalue weighted by Gasteiger charge is 2.38. The first-order chi connectivity index (χ1) is 9.17. The Kier molecular flexibility index (Phi) is 4.37. The van der Waals surface area contributed by atoms with E-state index in [-0.39, 0.29) is 5.73 Å². The van der Waals surface area contributed by atoms with Crippen LogP contribution in [0.15, 0.2) is 42.5 Å². The summed E-state index contributed by atoms with van der Waals surface area (Å²) in [5.74, 6) is -0.828. The number of benzene rings is 2. The predicted molar refractivity (Wildman–Crippen MR) is 80.4 cm³/mol. The van der Waals surface area contributed by atoms with Crippen molar-refractivity contribution in [1.29, 1.82) is 0 Å². The second kappa shape index (κ2) is 5.84. The molecule has 1 unspecified atom stereocenters. The Morgan fingerprint density at radius 2 is 1.58 bits per heavy atom. The Bertz CT molecular complexity index is 552. The van der Waals surface area contributed by atoms with Crippen LogP contribution >= 0.6 is 0 Å². The number of rotatable bonds is 5. The van der Waals surface area contributed by atoms with E-state index in [0.29, 0.717) is 0 Å². The lowest BCUT2D eigenvalue weighted by atomic mass is 10.0. The molecule has 2 rings (SSSR count). The monoisotopic (exact) mass is 276 g/mol. The summed E-state index contributed by atoms with van der Waals surface area (Å²) in [5, 5.41) is 2.37. The van der Waals surface area contributed by atoms with E-state index < -0.39 is 5.79 Å². The van der Waals surface area contributed by atoms with Crippen LogP contribution < -0.4 is 0 Å². The van der Waals surface area contributed by atoms with Crippen LogP contribution in [0.4, 0.5) is 0 Å². The van der Waals surface area contributed by atoms with Crippen LogP contribution in [0, 0.1) is 0 Å². The Labute approximate surface area is 116 Å². The lowest BCUT2D eigenvalue weighted by Crippen LogP contribution is -2.44. The van der Waals surface area contributed by atoms with Gasteiger partial charge in [0.15, 0.2) is 0 Å². The Morgan fingerprint density at radius 3 is 2.16 bits per heavy atom. The molecule has 3 nitrogen and oxygen atoms in total. The third-order valence-electron chi connectivity index (χ3n) is 3.65. The smallest absolute Gasteiger partial charge is 0.217 e. The average Bonchev–Trinajstić information content (AvgIpc) is 2.48. The quantitative estimate of drug-likeness (QED) is 0.613. The van der Waals surface area contributed by atoms with Crippen LogP contribution in [0.25, 0.3) is 10.8 Å². The molecule has 2 aromatic carbocycles. The number of methoxy groups -OCH3 is 3. The molecule has 0 saturated carbocycles. The molecular weight excluding hydrogens is 256 g/mol. The number of hydrogen-bond acceptors (Lipinski definition) is 3. The van der Waals surface area contributed by atoms with Crippen molar-refractivity contribution in [2.45, 2.75) is 11.5 Å². The molecule has 0 aliphatic heterocycles. The molecule has 0 N–H and O–H groups in total. The lowest BCUT2D eigenvalue weighted by molar-refractivity contribution is -0.253. The molecule has 1 atom stereocenters. The van der Waals surface area contributed by atoms with Gasteiger partial charge >= 0.3 is 0 Å². The molecule has 0 spiro atoms. The maximum Gasteiger partial charge on any atom is 0.217 e. The van der Waals surface area contributed by atoms with Gasteiger partial charge in [0.2, 0.25) is 5.79 Å². The maximum atomic E-state index is 5.66. The van der Waals surface area contributed by atoms with E-state index in [0.717, 1.165) is 15.8 Å². The highest BCUT2D eigenvalue weighted by atomic mass is 28.1. The van der Waals surface area contributed by atoms with Crippen molar-refractivity contribution in [1.82, 2.24) is 0 Å². The summed E-state index contributed by atoms with van der Waals surface area (Å²) in [5.41, 5.74) is 0.904.